The maximum absolute atomic E-state index is 12.9. The number of ether oxygens (including phenoxy) is 1. The van der Waals surface area contributed by atoms with Gasteiger partial charge in [-0.15, -0.1) is 5.92 Å². The number of ketones is 1. The zero-order valence-electron chi connectivity index (χ0n) is 19.7. The summed E-state index contributed by atoms with van der Waals surface area (Å²) in [6.07, 6.45) is 1.56. The number of benzene rings is 1. The number of nitrogens with one attached hydrogen (secondary N) is 1. The van der Waals surface area contributed by atoms with E-state index in [0.717, 1.165) is 5.56 Å². The lowest BCUT2D eigenvalue weighted by Gasteiger charge is -2.34. The third kappa shape index (κ3) is 7.23. The second kappa shape index (κ2) is 11.1. The minimum atomic E-state index is -1.49. The van der Waals surface area contributed by atoms with Crippen LogP contribution in [0.25, 0.3) is 0 Å². The summed E-state index contributed by atoms with van der Waals surface area (Å²) in [5, 5.41) is 0.386. The number of halogens is 1. The first-order chi connectivity index (χ1) is 15.4. The fourth-order valence-corrected chi connectivity index (χ4v) is 4.29. The van der Waals surface area contributed by atoms with E-state index in [4.69, 9.17) is 16.3 Å². The molecule has 0 aliphatic carbocycles. The Balaban J connectivity index is 2.39. The molecular formula is C25H29ClN2O4S. The smallest absolute Gasteiger partial charge is 0.307 e. The van der Waals surface area contributed by atoms with Crippen molar-refractivity contribution in [3.05, 3.63) is 63.9 Å². The molecule has 2 rings (SSSR count). The van der Waals surface area contributed by atoms with Gasteiger partial charge in [-0.25, -0.2) is 8.93 Å². The average Bonchev–Trinajstić information content (AvgIpc) is 2.74. The number of methoxy groups -OCH3 is 1. The SMILES string of the molecule is CC#Cc1ccc(C(=O)Cc2ccc(Cl)c([C@](C)(CC(=O)OC)N[S@](=O)C(C)(C)C)c2)nc1. The number of hydrogen-bond acceptors (Lipinski definition) is 5. The Morgan fingerprint density at radius 2 is 1.88 bits per heavy atom. The highest BCUT2D eigenvalue weighted by atomic mass is 35.5. The largest absolute Gasteiger partial charge is 0.469 e. The molecule has 6 nitrogen and oxygen atoms in total. The van der Waals surface area contributed by atoms with Crippen LogP contribution in [0.5, 0.6) is 0 Å². The molecule has 0 unspecified atom stereocenters. The van der Waals surface area contributed by atoms with Crippen molar-refractivity contribution in [2.75, 3.05) is 7.11 Å². The summed E-state index contributed by atoms with van der Waals surface area (Å²) in [4.78, 5) is 29.2. The van der Waals surface area contributed by atoms with Gasteiger partial charge in [0.25, 0.3) is 0 Å². The third-order valence-corrected chi connectivity index (χ3v) is 6.99. The molecule has 1 heterocycles. The van der Waals surface area contributed by atoms with Crippen molar-refractivity contribution in [2.24, 2.45) is 0 Å². The van der Waals surface area contributed by atoms with Crippen LogP contribution >= 0.6 is 11.6 Å². The standard InChI is InChI=1S/C25H29ClN2O4S/c1-7-8-17-10-12-21(27-16-17)22(29)14-18-9-11-20(26)19(13-18)25(5,15-23(30)32-6)28-33(31)24(2,3)4/h9-13,16,28H,14-15H2,1-6H3/t25-,33+/m0/s1. The Labute approximate surface area is 203 Å². The van der Waals surface area contributed by atoms with Gasteiger partial charge in [0.2, 0.25) is 0 Å². The predicted octanol–water partition coefficient (Wildman–Crippen LogP) is 4.36. The Hall–Kier alpha value is -2.53. The van der Waals surface area contributed by atoms with Crippen molar-refractivity contribution in [1.82, 2.24) is 9.71 Å². The van der Waals surface area contributed by atoms with Gasteiger partial charge in [0, 0.05) is 23.2 Å². The Bertz CT molecular complexity index is 1110. The van der Waals surface area contributed by atoms with E-state index in [9.17, 15) is 13.8 Å². The zero-order valence-corrected chi connectivity index (χ0v) is 21.3. The normalized spacial score (nSPS) is 13.9. The number of rotatable bonds is 8. The van der Waals surface area contributed by atoms with Crippen molar-refractivity contribution in [1.29, 1.82) is 0 Å². The number of carbonyl (C=O) groups is 2. The number of hydrogen-bond donors (Lipinski definition) is 1. The minimum Gasteiger partial charge on any atom is -0.469 e. The van der Waals surface area contributed by atoms with Gasteiger partial charge in [-0.1, -0.05) is 29.7 Å². The maximum Gasteiger partial charge on any atom is 0.307 e. The van der Waals surface area contributed by atoms with E-state index in [1.54, 1.807) is 50.4 Å². The highest BCUT2D eigenvalue weighted by Crippen LogP contribution is 2.34. The number of pyridine rings is 1. The van der Waals surface area contributed by atoms with Gasteiger partial charge in [-0.05, 0) is 63.9 Å². The van der Waals surface area contributed by atoms with E-state index in [-0.39, 0.29) is 18.6 Å². The molecule has 33 heavy (non-hydrogen) atoms. The lowest BCUT2D eigenvalue weighted by molar-refractivity contribution is -0.142. The Morgan fingerprint density at radius 1 is 1.18 bits per heavy atom. The van der Waals surface area contributed by atoms with Crippen molar-refractivity contribution in [3.63, 3.8) is 0 Å². The fraction of sp³-hybridized carbons (Fsp3) is 0.400. The van der Waals surface area contributed by atoms with Gasteiger partial charge in [0.15, 0.2) is 5.78 Å². The van der Waals surface area contributed by atoms with E-state index < -0.39 is 27.2 Å². The first-order valence-corrected chi connectivity index (χ1v) is 11.9. The van der Waals surface area contributed by atoms with Gasteiger partial charge in [-0.3, -0.25) is 14.6 Å². The molecule has 0 saturated carbocycles. The van der Waals surface area contributed by atoms with Crippen LogP contribution < -0.4 is 4.72 Å². The number of carbonyl (C=O) groups excluding carboxylic acids is 2. The van der Waals surface area contributed by atoms with E-state index in [0.29, 0.717) is 21.8 Å². The molecule has 2 atom stereocenters. The molecule has 0 saturated heterocycles. The highest BCUT2D eigenvalue weighted by Gasteiger charge is 2.36. The fourth-order valence-electron chi connectivity index (χ4n) is 3.06. The van der Waals surface area contributed by atoms with Crippen molar-refractivity contribution in [2.45, 2.75) is 57.7 Å². The zero-order chi connectivity index (χ0) is 24.8. The number of nitrogens with zero attached hydrogens (tertiary/aromatic N) is 1. The summed E-state index contributed by atoms with van der Waals surface area (Å²) in [6, 6.07) is 8.58. The molecular weight excluding hydrogens is 460 g/mol. The average molecular weight is 489 g/mol. The van der Waals surface area contributed by atoms with Gasteiger partial charge >= 0.3 is 5.97 Å². The summed E-state index contributed by atoms with van der Waals surface area (Å²) < 4.78 is 20.2. The first kappa shape index (κ1) is 26.7. The van der Waals surface area contributed by atoms with Crippen LogP contribution in [0.3, 0.4) is 0 Å². The molecule has 0 amide bonds. The second-order valence-electron chi connectivity index (χ2n) is 8.79. The molecule has 1 aromatic carbocycles. The lowest BCUT2D eigenvalue weighted by atomic mass is 9.88. The Kier molecular flexibility index (Phi) is 8.96. The molecule has 0 aliphatic rings. The Morgan fingerprint density at radius 3 is 2.42 bits per heavy atom. The highest BCUT2D eigenvalue weighted by molar-refractivity contribution is 7.84. The maximum atomic E-state index is 12.9. The molecule has 1 aromatic heterocycles. The summed E-state index contributed by atoms with van der Waals surface area (Å²) >= 11 is 6.50. The van der Waals surface area contributed by atoms with Crippen molar-refractivity contribution < 1.29 is 18.5 Å². The molecule has 1 N–H and O–H groups in total. The third-order valence-electron chi connectivity index (χ3n) is 4.91. The molecule has 2 aromatic rings. The van der Waals surface area contributed by atoms with E-state index >= 15 is 0 Å². The van der Waals surface area contributed by atoms with E-state index in [2.05, 4.69) is 21.5 Å². The van der Waals surface area contributed by atoms with Crippen LogP contribution in [0.4, 0.5) is 0 Å². The summed E-state index contributed by atoms with van der Waals surface area (Å²) in [5.41, 5.74) is 1.23. The van der Waals surface area contributed by atoms with E-state index in [1.807, 2.05) is 20.8 Å². The van der Waals surface area contributed by atoms with Gasteiger partial charge in [0.1, 0.15) is 5.69 Å². The van der Waals surface area contributed by atoms with Gasteiger partial charge in [-0.2, -0.15) is 0 Å². The second-order valence-corrected chi connectivity index (χ2v) is 11.2. The van der Waals surface area contributed by atoms with Crippen LogP contribution in [0.1, 0.15) is 68.2 Å². The molecule has 0 fully saturated rings. The van der Waals surface area contributed by atoms with Crippen molar-refractivity contribution in [3.8, 4) is 11.8 Å². The van der Waals surface area contributed by atoms with Crippen LogP contribution in [-0.4, -0.2) is 32.8 Å². The van der Waals surface area contributed by atoms with Crippen molar-refractivity contribution >= 4 is 34.3 Å². The molecule has 0 radical (unpaired) electrons. The van der Waals surface area contributed by atoms with E-state index in [1.165, 1.54) is 7.11 Å². The number of esters is 1. The molecule has 0 spiro atoms. The van der Waals surface area contributed by atoms with Gasteiger partial charge in [0.05, 0.1) is 34.8 Å². The summed E-state index contributed by atoms with van der Waals surface area (Å²) in [7, 11) is -0.193. The minimum absolute atomic E-state index is 0.0899. The summed E-state index contributed by atoms with van der Waals surface area (Å²) in [5.74, 6) is 5.04. The number of aromatic nitrogens is 1. The molecule has 0 aliphatic heterocycles. The predicted molar refractivity (Wildman–Crippen MR) is 131 cm³/mol. The topological polar surface area (TPSA) is 85.4 Å². The first-order valence-electron chi connectivity index (χ1n) is 10.4. The quantitative estimate of drug-likeness (QED) is 0.339. The monoisotopic (exact) mass is 488 g/mol. The molecule has 0 bridgehead atoms. The summed E-state index contributed by atoms with van der Waals surface area (Å²) in [6.45, 7) is 8.97. The van der Waals surface area contributed by atoms with Crippen LogP contribution in [0, 0.1) is 11.8 Å². The van der Waals surface area contributed by atoms with Gasteiger partial charge < -0.3 is 4.74 Å². The van der Waals surface area contributed by atoms with Crippen LogP contribution in [-0.2, 0) is 32.5 Å². The van der Waals surface area contributed by atoms with Crippen LogP contribution in [0.15, 0.2) is 36.5 Å². The lowest BCUT2D eigenvalue weighted by Crippen LogP contribution is -2.47. The molecule has 176 valence electrons. The van der Waals surface area contributed by atoms with Crippen LogP contribution in [0.2, 0.25) is 5.02 Å². The molecule has 8 heteroatoms. The number of Topliss-reactive ketones (excluding diaryl/α,β-unsaturated/α-hetero) is 1.